The summed E-state index contributed by atoms with van der Waals surface area (Å²) >= 11 is 0. The van der Waals surface area contributed by atoms with Gasteiger partial charge in [0.15, 0.2) is 0 Å². The van der Waals surface area contributed by atoms with Crippen LogP contribution in [0.4, 0.5) is 0 Å². The lowest BCUT2D eigenvalue weighted by Crippen LogP contribution is -2.42. The molecule has 1 rings (SSSR count). The Kier molecular flexibility index (Phi) is 6.22. The largest absolute Gasteiger partial charge is 0.382 e. The summed E-state index contributed by atoms with van der Waals surface area (Å²) in [5.41, 5.74) is 3.00. The van der Waals surface area contributed by atoms with Gasteiger partial charge in [-0.2, -0.15) is 0 Å². The van der Waals surface area contributed by atoms with Crippen LogP contribution in [-0.4, -0.2) is 19.3 Å². The quantitative estimate of drug-likeness (QED) is 0.526. The van der Waals surface area contributed by atoms with E-state index in [1.165, 1.54) is 32.1 Å². The van der Waals surface area contributed by atoms with Crippen LogP contribution in [0.5, 0.6) is 0 Å². The molecule has 1 fully saturated rings. The molecule has 2 atom stereocenters. The maximum atomic E-state index is 5.64. The van der Waals surface area contributed by atoms with E-state index in [0.717, 1.165) is 18.8 Å². The number of nitrogens with two attached hydrogens (primary N) is 1. The van der Waals surface area contributed by atoms with Crippen LogP contribution in [0.1, 0.15) is 51.9 Å². The van der Waals surface area contributed by atoms with Gasteiger partial charge in [-0.05, 0) is 38.5 Å². The molecule has 0 aromatic rings. The van der Waals surface area contributed by atoms with E-state index in [-0.39, 0.29) is 0 Å². The van der Waals surface area contributed by atoms with Crippen molar-refractivity contribution in [3.63, 3.8) is 0 Å². The molecule has 15 heavy (non-hydrogen) atoms. The Morgan fingerprint density at radius 1 is 1.27 bits per heavy atom. The van der Waals surface area contributed by atoms with E-state index >= 15 is 0 Å². The minimum atomic E-state index is 0.351. The Labute approximate surface area is 93.7 Å². The van der Waals surface area contributed by atoms with Gasteiger partial charge < -0.3 is 4.74 Å². The van der Waals surface area contributed by atoms with Crippen molar-refractivity contribution >= 4 is 0 Å². The van der Waals surface area contributed by atoms with Crippen LogP contribution in [-0.2, 0) is 4.74 Å². The molecule has 1 aliphatic carbocycles. The number of hydrazine groups is 1. The van der Waals surface area contributed by atoms with Gasteiger partial charge in [-0.3, -0.25) is 11.3 Å². The van der Waals surface area contributed by atoms with E-state index in [2.05, 4.69) is 12.3 Å². The lowest BCUT2D eigenvalue weighted by atomic mass is 9.82. The van der Waals surface area contributed by atoms with E-state index in [1.807, 2.05) is 0 Å². The van der Waals surface area contributed by atoms with Gasteiger partial charge in [0.2, 0.25) is 0 Å². The van der Waals surface area contributed by atoms with Gasteiger partial charge in [-0.1, -0.05) is 19.3 Å². The molecule has 0 heterocycles. The molecular formula is C12H26N2O. The number of hydrogen-bond acceptors (Lipinski definition) is 3. The molecule has 3 nitrogen and oxygen atoms in total. The molecular weight excluding hydrogens is 188 g/mol. The van der Waals surface area contributed by atoms with Crippen molar-refractivity contribution in [3.05, 3.63) is 0 Å². The van der Waals surface area contributed by atoms with Crippen molar-refractivity contribution in [1.82, 2.24) is 5.43 Å². The number of hydrogen-bond donors (Lipinski definition) is 2. The molecule has 0 aliphatic heterocycles. The van der Waals surface area contributed by atoms with Crippen molar-refractivity contribution < 1.29 is 4.74 Å². The maximum absolute atomic E-state index is 5.64. The predicted octanol–water partition coefficient (Wildman–Crippen LogP) is 2.21. The van der Waals surface area contributed by atoms with Gasteiger partial charge in [-0.15, -0.1) is 0 Å². The predicted molar refractivity (Wildman–Crippen MR) is 63.4 cm³/mol. The zero-order valence-corrected chi connectivity index (χ0v) is 10.2. The molecule has 3 heteroatoms. The summed E-state index contributed by atoms with van der Waals surface area (Å²) in [4.78, 5) is 0. The Balaban J connectivity index is 2.27. The number of rotatable bonds is 6. The van der Waals surface area contributed by atoms with Gasteiger partial charge >= 0.3 is 0 Å². The molecule has 0 aromatic heterocycles. The van der Waals surface area contributed by atoms with E-state index in [1.54, 1.807) is 7.11 Å². The molecule has 2 unspecified atom stereocenters. The van der Waals surface area contributed by atoms with Gasteiger partial charge in [0.05, 0.1) is 6.10 Å². The highest BCUT2D eigenvalue weighted by Crippen LogP contribution is 2.28. The van der Waals surface area contributed by atoms with Crippen LogP contribution >= 0.6 is 0 Å². The normalized spacial score (nSPS) is 22.6. The fraction of sp³-hybridized carbons (Fsp3) is 1.00. The summed E-state index contributed by atoms with van der Waals surface area (Å²) in [6.45, 7) is 2.12. The summed E-state index contributed by atoms with van der Waals surface area (Å²) < 4.78 is 5.26. The van der Waals surface area contributed by atoms with Crippen molar-refractivity contribution in [2.45, 2.75) is 64.0 Å². The van der Waals surface area contributed by atoms with Crippen LogP contribution in [0.3, 0.4) is 0 Å². The molecule has 0 amide bonds. The average molecular weight is 214 g/mol. The van der Waals surface area contributed by atoms with Gasteiger partial charge in [0.25, 0.3) is 0 Å². The third kappa shape index (κ3) is 4.49. The molecule has 0 aromatic carbocycles. The first kappa shape index (κ1) is 12.9. The van der Waals surface area contributed by atoms with Crippen molar-refractivity contribution in [2.75, 3.05) is 7.11 Å². The third-order valence-electron chi connectivity index (χ3n) is 3.72. The minimum absolute atomic E-state index is 0.351. The molecule has 0 radical (unpaired) electrons. The highest BCUT2D eigenvalue weighted by molar-refractivity contribution is 4.78. The lowest BCUT2D eigenvalue weighted by Gasteiger charge is -2.30. The van der Waals surface area contributed by atoms with Crippen LogP contribution in [0.15, 0.2) is 0 Å². The van der Waals surface area contributed by atoms with Crippen LogP contribution in [0.25, 0.3) is 0 Å². The van der Waals surface area contributed by atoms with Gasteiger partial charge in [0.1, 0.15) is 0 Å². The topological polar surface area (TPSA) is 47.3 Å². The summed E-state index contributed by atoms with van der Waals surface area (Å²) in [6.07, 6.45) is 9.43. The second-order valence-electron chi connectivity index (χ2n) is 4.79. The fourth-order valence-corrected chi connectivity index (χ4v) is 2.52. The number of methoxy groups -OCH3 is 1. The molecule has 1 aliphatic rings. The monoisotopic (exact) mass is 214 g/mol. The molecule has 0 bridgehead atoms. The highest BCUT2D eigenvalue weighted by atomic mass is 16.5. The summed E-state index contributed by atoms with van der Waals surface area (Å²) in [5.74, 6) is 6.43. The lowest BCUT2D eigenvalue weighted by molar-refractivity contribution is 0.101. The first-order valence-electron chi connectivity index (χ1n) is 6.26. The van der Waals surface area contributed by atoms with E-state index in [9.17, 15) is 0 Å². The van der Waals surface area contributed by atoms with Crippen LogP contribution < -0.4 is 11.3 Å². The standard InChI is InChI=1S/C12H26N2O/c1-10(15-2)8-9-12(14-13)11-6-4-3-5-7-11/h10-12,14H,3-9,13H2,1-2H3. The molecule has 90 valence electrons. The zero-order chi connectivity index (χ0) is 11.1. The number of ether oxygens (including phenoxy) is 1. The first-order chi connectivity index (χ1) is 7.27. The van der Waals surface area contributed by atoms with Crippen LogP contribution in [0, 0.1) is 5.92 Å². The molecule has 0 spiro atoms. The summed E-state index contributed by atoms with van der Waals surface area (Å²) in [7, 11) is 1.77. The highest BCUT2D eigenvalue weighted by Gasteiger charge is 2.22. The Hall–Kier alpha value is -0.120. The van der Waals surface area contributed by atoms with E-state index in [0.29, 0.717) is 12.1 Å². The molecule has 1 saturated carbocycles. The molecule has 0 saturated heterocycles. The smallest absolute Gasteiger partial charge is 0.0543 e. The average Bonchev–Trinajstić information content (AvgIpc) is 2.31. The molecule has 3 N–H and O–H groups in total. The second kappa shape index (κ2) is 7.20. The van der Waals surface area contributed by atoms with E-state index < -0.39 is 0 Å². The SMILES string of the molecule is COC(C)CCC(NN)C1CCCCC1. The maximum Gasteiger partial charge on any atom is 0.0543 e. The Morgan fingerprint density at radius 2 is 1.93 bits per heavy atom. The second-order valence-corrected chi connectivity index (χ2v) is 4.79. The minimum Gasteiger partial charge on any atom is -0.382 e. The number of nitrogens with one attached hydrogen (secondary N) is 1. The van der Waals surface area contributed by atoms with E-state index in [4.69, 9.17) is 10.6 Å². The van der Waals surface area contributed by atoms with Crippen molar-refractivity contribution in [2.24, 2.45) is 11.8 Å². The van der Waals surface area contributed by atoms with Gasteiger partial charge in [-0.25, -0.2) is 0 Å². The third-order valence-corrected chi connectivity index (χ3v) is 3.72. The van der Waals surface area contributed by atoms with Crippen molar-refractivity contribution in [1.29, 1.82) is 0 Å². The zero-order valence-electron chi connectivity index (χ0n) is 10.2. The first-order valence-corrected chi connectivity index (χ1v) is 6.26. The Bertz CT molecular complexity index is 158. The summed E-state index contributed by atoms with van der Waals surface area (Å²) in [6, 6.07) is 0.489. The van der Waals surface area contributed by atoms with Gasteiger partial charge in [0, 0.05) is 13.2 Å². The van der Waals surface area contributed by atoms with Crippen LogP contribution in [0.2, 0.25) is 0 Å². The fourth-order valence-electron chi connectivity index (χ4n) is 2.52. The van der Waals surface area contributed by atoms with Crippen molar-refractivity contribution in [3.8, 4) is 0 Å². The Morgan fingerprint density at radius 3 is 2.47 bits per heavy atom. The summed E-state index contributed by atoms with van der Waals surface area (Å²) in [5, 5.41) is 0.